The third-order valence-corrected chi connectivity index (χ3v) is 9.30. The fourth-order valence-electron chi connectivity index (χ4n) is 3.29. The summed E-state index contributed by atoms with van der Waals surface area (Å²) in [5, 5.41) is 0. The van der Waals surface area contributed by atoms with Gasteiger partial charge in [0, 0.05) is 25.3 Å². The summed E-state index contributed by atoms with van der Waals surface area (Å²) in [4.78, 5) is 0. The van der Waals surface area contributed by atoms with Crippen molar-refractivity contribution in [2.24, 2.45) is 5.92 Å². The van der Waals surface area contributed by atoms with Crippen LogP contribution in [0.1, 0.15) is 45.4 Å². The predicted octanol–water partition coefficient (Wildman–Crippen LogP) is 3.47. The van der Waals surface area contributed by atoms with E-state index < -0.39 is 8.56 Å². The molecule has 0 aromatic rings. The molecule has 0 radical (unpaired) electrons. The molecule has 0 heterocycles. The first-order valence-corrected chi connectivity index (χ1v) is 8.34. The van der Waals surface area contributed by atoms with Crippen molar-refractivity contribution in [1.82, 2.24) is 0 Å². The van der Waals surface area contributed by atoms with Gasteiger partial charge < -0.3 is 8.85 Å². The molecule has 0 spiro atoms. The number of hydrogen-bond donors (Lipinski definition) is 0. The Hall–Kier alpha value is 0.137. The van der Waals surface area contributed by atoms with Crippen LogP contribution in [-0.2, 0) is 8.85 Å². The standard InChI is InChI=1S/C12H24O2Si/c1-4-10-8-12(9-10)15(13-2,14-3)11-6-5-7-11/h10-12H,4-9H2,1-3H3. The van der Waals surface area contributed by atoms with Crippen LogP contribution in [0.4, 0.5) is 0 Å². The normalized spacial score (nSPS) is 32.2. The average Bonchev–Trinajstić information content (AvgIpc) is 2.11. The molecule has 0 aromatic carbocycles. The van der Waals surface area contributed by atoms with Gasteiger partial charge in [-0.1, -0.05) is 19.8 Å². The van der Waals surface area contributed by atoms with Crippen LogP contribution >= 0.6 is 0 Å². The molecule has 2 aliphatic carbocycles. The first-order valence-electron chi connectivity index (χ1n) is 6.37. The Bertz CT molecular complexity index is 206. The molecule has 0 saturated heterocycles. The fourth-order valence-corrected chi connectivity index (χ4v) is 7.99. The summed E-state index contributed by atoms with van der Waals surface area (Å²) in [5.41, 5.74) is 1.57. The molecule has 2 nitrogen and oxygen atoms in total. The molecule has 2 fully saturated rings. The minimum absolute atomic E-state index is 0.780. The Morgan fingerprint density at radius 3 is 2.00 bits per heavy atom. The maximum absolute atomic E-state index is 5.90. The van der Waals surface area contributed by atoms with Gasteiger partial charge in [-0.3, -0.25) is 0 Å². The molecule has 2 aliphatic rings. The lowest BCUT2D eigenvalue weighted by molar-refractivity contribution is 0.154. The van der Waals surface area contributed by atoms with E-state index in [1.54, 1.807) is 0 Å². The zero-order valence-electron chi connectivity index (χ0n) is 10.3. The van der Waals surface area contributed by atoms with E-state index >= 15 is 0 Å². The van der Waals surface area contributed by atoms with Crippen LogP contribution in [0.3, 0.4) is 0 Å². The van der Waals surface area contributed by atoms with Crippen molar-refractivity contribution in [2.45, 2.75) is 56.5 Å². The van der Waals surface area contributed by atoms with Gasteiger partial charge in [-0.2, -0.15) is 0 Å². The smallest absolute Gasteiger partial charge is 0.344 e. The Balaban J connectivity index is 1.99. The van der Waals surface area contributed by atoms with Crippen LogP contribution in [0.5, 0.6) is 0 Å². The van der Waals surface area contributed by atoms with Gasteiger partial charge in [-0.15, -0.1) is 0 Å². The van der Waals surface area contributed by atoms with E-state index in [1.165, 1.54) is 38.5 Å². The summed E-state index contributed by atoms with van der Waals surface area (Å²) < 4.78 is 11.8. The second kappa shape index (κ2) is 4.56. The van der Waals surface area contributed by atoms with Crippen LogP contribution in [0.15, 0.2) is 0 Å². The van der Waals surface area contributed by atoms with Gasteiger partial charge in [0.05, 0.1) is 0 Å². The lowest BCUT2D eigenvalue weighted by Crippen LogP contribution is -2.55. The number of rotatable bonds is 5. The maximum atomic E-state index is 5.90. The minimum atomic E-state index is -1.83. The zero-order chi connectivity index (χ0) is 10.9. The minimum Gasteiger partial charge on any atom is -0.397 e. The van der Waals surface area contributed by atoms with Crippen LogP contribution in [0.25, 0.3) is 0 Å². The summed E-state index contributed by atoms with van der Waals surface area (Å²) >= 11 is 0. The van der Waals surface area contributed by atoms with Crippen LogP contribution < -0.4 is 0 Å². The van der Waals surface area contributed by atoms with Crippen molar-refractivity contribution < 1.29 is 8.85 Å². The summed E-state index contributed by atoms with van der Waals surface area (Å²) in [5.74, 6) is 0.951. The second-order valence-electron chi connectivity index (χ2n) is 5.20. The monoisotopic (exact) mass is 228 g/mol. The molecule has 2 saturated carbocycles. The van der Waals surface area contributed by atoms with Crippen LogP contribution in [-0.4, -0.2) is 22.8 Å². The first kappa shape index (κ1) is 11.6. The third kappa shape index (κ3) is 1.79. The largest absolute Gasteiger partial charge is 0.397 e. The summed E-state index contributed by atoms with van der Waals surface area (Å²) in [6.07, 6.45) is 8.14. The van der Waals surface area contributed by atoms with Gasteiger partial charge in [-0.25, -0.2) is 0 Å². The average molecular weight is 228 g/mol. The van der Waals surface area contributed by atoms with E-state index in [0.29, 0.717) is 0 Å². The lowest BCUT2D eigenvalue weighted by atomic mass is 9.83. The quantitative estimate of drug-likeness (QED) is 0.671. The molecule has 0 unspecified atom stereocenters. The molecule has 3 heteroatoms. The van der Waals surface area contributed by atoms with Gasteiger partial charge in [0.1, 0.15) is 0 Å². The molecule has 0 N–H and O–H groups in total. The molecule has 0 amide bonds. The summed E-state index contributed by atoms with van der Waals surface area (Å²) in [7, 11) is 1.93. The molecule has 0 bridgehead atoms. The third-order valence-electron chi connectivity index (χ3n) is 4.69. The highest BCUT2D eigenvalue weighted by atomic mass is 28.4. The van der Waals surface area contributed by atoms with E-state index in [9.17, 15) is 0 Å². The molecular formula is C12H24O2Si. The topological polar surface area (TPSA) is 18.5 Å². The molecule has 88 valence electrons. The zero-order valence-corrected chi connectivity index (χ0v) is 11.3. The van der Waals surface area contributed by atoms with E-state index in [2.05, 4.69) is 6.92 Å². The molecule has 0 aromatic heterocycles. The molecule has 0 atom stereocenters. The summed E-state index contributed by atoms with van der Waals surface area (Å²) in [6.45, 7) is 2.30. The van der Waals surface area contributed by atoms with Crippen LogP contribution in [0.2, 0.25) is 11.1 Å². The number of hydrogen-bond acceptors (Lipinski definition) is 2. The van der Waals surface area contributed by atoms with Gasteiger partial charge in [0.25, 0.3) is 0 Å². The van der Waals surface area contributed by atoms with E-state index in [4.69, 9.17) is 8.85 Å². The van der Waals surface area contributed by atoms with Crippen molar-refractivity contribution in [2.75, 3.05) is 14.2 Å². The van der Waals surface area contributed by atoms with Crippen molar-refractivity contribution >= 4 is 8.56 Å². The van der Waals surface area contributed by atoms with E-state index in [-0.39, 0.29) is 0 Å². The van der Waals surface area contributed by atoms with Gasteiger partial charge in [-0.05, 0) is 31.6 Å². The van der Waals surface area contributed by atoms with Crippen LogP contribution in [0, 0.1) is 5.92 Å². The molecule has 2 rings (SSSR count). The van der Waals surface area contributed by atoms with Crippen molar-refractivity contribution in [3.05, 3.63) is 0 Å². The Labute approximate surface area is 94.6 Å². The van der Waals surface area contributed by atoms with Crippen molar-refractivity contribution in [1.29, 1.82) is 0 Å². The van der Waals surface area contributed by atoms with Gasteiger partial charge in [0.2, 0.25) is 0 Å². The molecular weight excluding hydrogens is 204 g/mol. The highest BCUT2D eigenvalue weighted by molar-refractivity contribution is 6.70. The Kier molecular flexibility index (Phi) is 3.53. The highest BCUT2D eigenvalue weighted by Crippen LogP contribution is 2.55. The fraction of sp³-hybridized carbons (Fsp3) is 1.00. The summed E-state index contributed by atoms with van der Waals surface area (Å²) in [6, 6.07) is 0. The van der Waals surface area contributed by atoms with Gasteiger partial charge in [0.15, 0.2) is 0 Å². The van der Waals surface area contributed by atoms with E-state index in [0.717, 1.165) is 17.0 Å². The Morgan fingerprint density at radius 2 is 1.67 bits per heavy atom. The van der Waals surface area contributed by atoms with Gasteiger partial charge >= 0.3 is 8.56 Å². The molecule has 15 heavy (non-hydrogen) atoms. The van der Waals surface area contributed by atoms with E-state index in [1.807, 2.05) is 14.2 Å². The SMILES string of the molecule is CCC1CC([Si](OC)(OC)C2CCC2)C1. The lowest BCUT2D eigenvalue weighted by Gasteiger charge is -2.50. The predicted molar refractivity (Wildman–Crippen MR) is 64.1 cm³/mol. The molecule has 0 aliphatic heterocycles. The highest BCUT2D eigenvalue weighted by Gasteiger charge is 2.56. The maximum Gasteiger partial charge on any atom is 0.344 e. The first-order chi connectivity index (χ1) is 7.26. The second-order valence-corrected chi connectivity index (χ2v) is 9.09. The Morgan fingerprint density at radius 1 is 1.07 bits per heavy atom. The van der Waals surface area contributed by atoms with Crippen molar-refractivity contribution in [3.8, 4) is 0 Å². The van der Waals surface area contributed by atoms with Crippen molar-refractivity contribution in [3.63, 3.8) is 0 Å².